The third-order valence-electron chi connectivity index (χ3n) is 4.07. The number of aromatic amines is 1. The van der Waals surface area contributed by atoms with E-state index in [1.165, 1.54) is 23.5 Å². The first kappa shape index (κ1) is 16.6. The molecule has 2 heterocycles. The van der Waals surface area contributed by atoms with Gasteiger partial charge in [0, 0.05) is 19.3 Å². The monoisotopic (exact) mass is 345 g/mol. The van der Waals surface area contributed by atoms with Gasteiger partial charge in [-0.3, -0.25) is 4.79 Å². The average Bonchev–Trinajstić information content (AvgIpc) is 2.61. The molecule has 7 heteroatoms. The maximum atomic E-state index is 12.5. The van der Waals surface area contributed by atoms with Gasteiger partial charge >= 0.3 is 5.69 Å². The van der Waals surface area contributed by atoms with E-state index in [0.29, 0.717) is 23.9 Å². The van der Waals surface area contributed by atoms with Crippen LogP contribution in [0.3, 0.4) is 0 Å². The minimum atomic E-state index is -0.392. The van der Waals surface area contributed by atoms with E-state index in [4.69, 9.17) is 4.74 Å². The van der Waals surface area contributed by atoms with Gasteiger partial charge in [-0.05, 0) is 42.2 Å². The van der Waals surface area contributed by atoms with Crippen molar-refractivity contribution in [1.29, 1.82) is 0 Å². The number of nitrogens with one attached hydrogen (secondary N) is 1. The predicted molar refractivity (Wildman–Crippen MR) is 92.4 cm³/mol. The molecule has 1 aliphatic heterocycles. The Hall–Kier alpha value is -2.28. The number of aromatic nitrogens is 2. The number of methoxy groups -OCH3 is 1. The Kier molecular flexibility index (Phi) is 4.89. The first-order chi connectivity index (χ1) is 11.6. The molecule has 1 aromatic carbocycles. The quantitative estimate of drug-likeness (QED) is 0.675. The van der Waals surface area contributed by atoms with E-state index in [1.54, 1.807) is 7.11 Å². The number of hydrogen-bond donors (Lipinski definition) is 1. The SMILES string of the molecule is COc1ccc2c(c1)CCN(C(=O)CSc1[nH]c(=O)ncc1C)C2. The molecule has 1 N–H and O–H groups in total. The lowest BCUT2D eigenvalue weighted by Gasteiger charge is -2.29. The first-order valence-corrected chi connectivity index (χ1v) is 8.67. The molecule has 0 fully saturated rings. The Morgan fingerprint density at radius 2 is 2.25 bits per heavy atom. The third kappa shape index (κ3) is 3.62. The van der Waals surface area contributed by atoms with Crippen LogP contribution in [0.4, 0.5) is 0 Å². The maximum Gasteiger partial charge on any atom is 0.345 e. The highest BCUT2D eigenvalue weighted by Gasteiger charge is 2.21. The fourth-order valence-electron chi connectivity index (χ4n) is 2.69. The molecule has 1 aliphatic rings. The molecule has 1 amide bonds. The highest BCUT2D eigenvalue weighted by molar-refractivity contribution is 7.99. The van der Waals surface area contributed by atoms with Crippen molar-refractivity contribution >= 4 is 17.7 Å². The summed E-state index contributed by atoms with van der Waals surface area (Å²) in [7, 11) is 1.66. The molecule has 0 bridgehead atoms. The number of hydrogen-bond acceptors (Lipinski definition) is 5. The third-order valence-corrected chi connectivity index (χ3v) is 5.18. The van der Waals surface area contributed by atoms with Crippen molar-refractivity contribution in [1.82, 2.24) is 14.9 Å². The zero-order chi connectivity index (χ0) is 17.1. The van der Waals surface area contributed by atoms with Gasteiger partial charge in [0.2, 0.25) is 5.91 Å². The number of H-pyrrole nitrogens is 1. The number of nitrogens with zero attached hydrogens (tertiary/aromatic N) is 2. The van der Waals surface area contributed by atoms with Crippen LogP contribution in [0.2, 0.25) is 0 Å². The minimum Gasteiger partial charge on any atom is -0.497 e. The Morgan fingerprint density at radius 1 is 1.42 bits per heavy atom. The zero-order valence-electron chi connectivity index (χ0n) is 13.7. The molecule has 0 saturated carbocycles. The van der Waals surface area contributed by atoms with Crippen LogP contribution in [0.1, 0.15) is 16.7 Å². The van der Waals surface area contributed by atoms with Crippen LogP contribution in [0.25, 0.3) is 0 Å². The average molecular weight is 345 g/mol. The Bertz CT molecular complexity index is 819. The van der Waals surface area contributed by atoms with Gasteiger partial charge in [0.25, 0.3) is 0 Å². The number of ether oxygens (including phenoxy) is 1. The van der Waals surface area contributed by atoms with Gasteiger partial charge in [-0.25, -0.2) is 9.78 Å². The molecule has 6 nitrogen and oxygen atoms in total. The fourth-order valence-corrected chi connectivity index (χ4v) is 3.58. The molecule has 2 aromatic rings. The van der Waals surface area contributed by atoms with Crippen LogP contribution < -0.4 is 10.4 Å². The number of thioether (sulfide) groups is 1. The van der Waals surface area contributed by atoms with Gasteiger partial charge < -0.3 is 14.6 Å². The molecule has 24 heavy (non-hydrogen) atoms. The molecule has 3 rings (SSSR count). The first-order valence-electron chi connectivity index (χ1n) is 7.69. The highest BCUT2D eigenvalue weighted by atomic mass is 32.2. The summed E-state index contributed by atoms with van der Waals surface area (Å²) >= 11 is 1.34. The van der Waals surface area contributed by atoms with Gasteiger partial charge in [0.15, 0.2) is 0 Å². The fraction of sp³-hybridized carbons (Fsp3) is 0.353. The van der Waals surface area contributed by atoms with E-state index in [0.717, 1.165) is 23.3 Å². The lowest BCUT2D eigenvalue weighted by atomic mass is 9.99. The molecule has 0 unspecified atom stereocenters. The van der Waals surface area contributed by atoms with E-state index >= 15 is 0 Å². The molecular weight excluding hydrogens is 326 g/mol. The van der Waals surface area contributed by atoms with Crippen molar-refractivity contribution in [2.75, 3.05) is 19.4 Å². The van der Waals surface area contributed by atoms with E-state index in [1.807, 2.05) is 30.0 Å². The summed E-state index contributed by atoms with van der Waals surface area (Å²) in [5.74, 6) is 1.21. The molecule has 0 spiro atoms. The summed E-state index contributed by atoms with van der Waals surface area (Å²) in [6, 6.07) is 5.98. The van der Waals surface area contributed by atoms with Crippen molar-refractivity contribution in [3.8, 4) is 5.75 Å². The maximum absolute atomic E-state index is 12.5. The van der Waals surface area contributed by atoms with Crippen molar-refractivity contribution in [3.63, 3.8) is 0 Å². The van der Waals surface area contributed by atoms with Crippen molar-refractivity contribution in [3.05, 3.63) is 51.6 Å². The van der Waals surface area contributed by atoms with E-state index in [-0.39, 0.29) is 5.91 Å². The number of fused-ring (bicyclic) bond motifs is 1. The molecule has 0 radical (unpaired) electrons. The smallest absolute Gasteiger partial charge is 0.345 e. The molecule has 0 atom stereocenters. The number of benzene rings is 1. The molecular formula is C17H19N3O3S. The van der Waals surface area contributed by atoms with E-state index < -0.39 is 5.69 Å². The van der Waals surface area contributed by atoms with Crippen molar-refractivity contribution in [2.45, 2.75) is 24.9 Å². The molecule has 126 valence electrons. The number of carbonyl (C=O) groups is 1. The Labute approximate surface area is 144 Å². The van der Waals surface area contributed by atoms with Crippen LogP contribution in [0, 0.1) is 6.92 Å². The topological polar surface area (TPSA) is 75.3 Å². The lowest BCUT2D eigenvalue weighted by Crippen LogP contribution is -2.37. The van der Waals surface area contributed by atoms with Crippen LogP contribution in [0.15, 0.2) is 34.2 Å². The molecule has 0 aliphatic carbocycles. The van der Waals surface area contributed by atoms with Gasteiger partial charge in [-0.2, -0.15) is 0 Å². The summed E-state index contributed by atoms with van der Waals surface area (Å²) in [6.07, 6.45) is 2.35. The number of rotatable bonds is 4. The molecule has 0 saturated heterocycles. The molecule has 1 aromatic heterocycles. The zero-order valence-corrected chi connectivity index (χ0v) is 14.5. The van der Waals surface area contributed by atoms with Gasteiger partial charge in [-0.1, -0.05) is 17.8 Å². The minimum absolute atomic E-state index is 0.0681. The van der Waals surface area contributed by atoms with Crippen LogP contribution in [0.5, 0.6) is 5.75 Å². The van der Waals surface area contributed by atoms with Gasteiger partial charge in [0.05, 0.1) is 17.9 Å². The second-order valence-corrected chi connectivity index (χ2v) is 6.67. The number of aryl methyl sites for hydroxylation is 1. The highest BCUT2D eigenvalue weighted by Crippen LogP contribution is 2.25. The number of amides is 1. The summed E-state index contributed by atoms with van der Waals surface area (Å²) in [5, 5.41) is 0.700. The van der Waals surface area contributed by atoms with Crippen LogP contribution in [-0.2, 0) is 17.8 Å². The Morgan fingerprint density at radius 3 is 3.04 bits per heavy atom. The summed E-state index contributed by atoms with van der Waals surface area (Å²) in [5.41, 5.74) is 2.87. The van der Waals surface area contributed by atoms with Crippen LogP contribution >= 0.6 is 11.8 Å². The van der Waals surface area contributed by atoms with Crippen LogP contribution in [-0.4, -0.2) is 40.2 Å². The normalized spacial score (nSPS) is 13.5. The second kappa shape index (κ2) is 7.09. The largest absolute Gasteiger partial charge is 0.497 e. The van der Waals surface area contributed by atoms with E-state index in [2.05, 4.69) is 9.97 Å². The van der Waals surface area contributed by atoms with Crippen molar-refractivity contribution < 1.29 is 9.53 Å². The summed E-state index contributed by atoms with van der Waals surface area (Å²) in [6.45, 7) is 3.18. The standard InChI is InChI=1S/C17H19N3O3S/c1-11-8-18-17(22)19-16(11)24-10-15(21)20-6-5-12-7-14(23-2)4-3-13(12)9-20/h3-4,7-8H,5-6,9-10H2,1-2H3,(H,18,19,22). The van der Waals surface area contributed by atoms with Gasteiger partial charge in [-0.15, -0.1) is 0 Å². The van der Waals surface area contributed by atoms with Crippen molar-refractivity contribution in [2.24, 2.45) is 0 Å². The number of carbonyl (C=O) groups excluding carboxylic acids is 1. The summed E-state index contributed by atoms with van der Waals surface area (Å²) < 4.78 is 5.24. The lowest BCUT2D eigenvalue weighted by molar-refractivity contribution is -0.129. The Balaban J connectivity index is 1.64. The van der Waals surface area contributed by atoms with Gasteiger partial charge in [0.1, 0.15) is 5.75 Å². The predicted octanol–water partition coefficient (Wildman–Crippen LogP) is 1.76. The van der Waals surface area contributed by atoms with E-state index in [9.17, 15) is 9.59 Å². The summed E-state index contributed by atoms with van der Waals surface area (Å²) in [4.78, 5) is 32.0. The second-order valence-electron chi connectivity index (χ2n) is 5.69.